The summed E-state index contributed by atoms with van der Waals surface area (Å²) in [6.07, 6.45) is 0.574. The van der Waals surface area contributed by atoms with Gasteiger partial charge < -0.3 is 5.32 Å². The Balaban J connectivity index is 2.54. The van der Waals surface area contributed by atoms with Crippen molar-refractivity contribution in [2.75, 3.05) is 4.90 Å². The summed E-state index contributed by atoms with van der Waals surface area (Å²) in [5.74, 6) is -0.0553. The first-order valence-corrected chi connectivity index (χ1v) is 7.52. The van der Waals surface area contributed by atoms with Gasteiger partial charge in [-0.1, -0.05) is 32.9 Å². The highest BCUT2D eigenvalue weighted by atomic mass is 16.2. The summed E-state index contributed by atoms with van der Waals surface area (Å²) in [7, 11) is 0. The number of piperazine rings is 1. The molecule has 0 bridgehead atoms. The molecule has 2 rings (SSSR count). The van der Waals surface area contributed by atoms with Crippen LogP contribution in [0.3, 0.4) is 0 Å². The van der Waals surface area contributed by atoms with Crippen LogP contribution in [-0.2, 0) is 9.59 Å². The Morgan fingerprint density at radius 1 is 1.33 bits per heavy atom. The van der Waals surface area contributed by atoms with Crippen LogP contribution in [-0.4, -0.2) is 23.4 Å². The number of nitrogens with zero attached hydrogens (tertiary/aromatic N) is 1. The van der Waals surface area contributed by atoms with E-state index in [2.05, 4.69) is 5.32 Å². The Morgan fingerprint density at radius 3 is 2.52 bits per heavy atom. The molecule has 0 spiro atoms. The fourth-order valence-electron chi connectivity index (χ4n) is 2.80. The molecule has 4 heteroatoms. The number of hydrogen-bond donors (Lipinski definition) is 1. The lowest BCUT2D eigenvalue weighted by Crippen LogP contribution is -2.70. The Kier molecular flexibility index (Phi) is 4.08. The topological polar surface area (TPSA) is 49.4 Å². The van der Waals surface area contributed by atoms with Crippen LogP contribution in [0.15, 0.2) is 24.3 Å². The zero-order valence-electron chi connectivity index (χ0n) is 13.4. The molecule has 0 saturated carbocycles. The summed E-state index contributed by atoms with van der Waals surface area (Å²) in [6.45, 7) is 9.64. The maximum atomic E-state index is 13.0. The lowest BCUT2D eigenvalue weighted by atomic mass is 9.88. The molecule has 1 aliphatic heterocycles. The SMILES string of the molecule is CCC1(C)NC(=O)C(C(C)C)N(c2cccc(C)c2)C1=O. The van der Waals surface area contributed by atoms with Crippen molar-refractivity contribution < 1.29 is 9.59 Å². The third-order valence-electron chi connectivity index (χ3n) is 4.26. The molecule has 1 saturated heterocycles. The smallest absolute Gasteiger partial charge is 0.253 e. The standard InChI is InChI=1S/C17H24N2O2/c1-6-17(5)16(21)19(13-9-7-8-12(4)10-13)14(11(2)3)15(20)18-17/h7-11,14H,6H2,1-5H3,(H,18,20). The highest BCUT2D eigenvalue weighted by Gasteiger charge is 2.48. The summed E-state index contributed by atoms with van der Waals surface area (Å²) >= 11 is 0. The number of hydrogen-bond acceptors (Lipinski definition) is 2. The molecule has 1 aromatic carbocycles. The Labute approximate surface area is 126 Å². The van der Waals surface area contributed by atoms with Crippen molar-refractivity contribution in [3.8, 4) is 0 Å². The summed E-state index contributed by atoms with van der Waals surface area (Å²) in [5, 5.41) is 2.91. The molecule has 1 aromatic rings. The van der Waals surface area contributed by atoms with Crippen molar-refractivity contribution in [3.05, 3.63) is 29.8 Å². The number of carbonyl (C=O) groups is 2. The van der Waals surface area contributed by atoms with Crippen molar-refractivity contribution in [2.24, 2.45) is 5.92 Å². The fourth-order valence-corrected chi connectivity index (χ4v) is 2.80. The molecule has 4 nitrogen and oxygen atoms in total. The van der Waals surface area contributed by atoms with Gasteiger partial charge in [-0.25, -0.2) is 0 Å². The van der Waals surface area contributed by atoms with E-state index in [1.165, 1.54) is 0 Å². The molecule has 21 heavy (non-hydrogen) atoms. The third-order valence-corrected chi connectivity index (χ3v) is 4.26. The second kappa shape index (κ2) is 5.51. The van der Waals surface area contributed by atoms with Crippen molar-refractivity contribution in [1.29, 1.82) is 0 Å². The van der Waals surface area contributed by atoms with Crippen LogP contribution in [0.2, 0.25) is 0 Å². The van der Waals surface area contributed by atoms with E-state index in [0.29, 0.717) is 6.42 Å². The number of nitrogens with one attached hydrogen (secondary N) is 1. The maximum Gasteiger partial charge on any atom is 0.253 e. The third kappa shape index (κ3) is 2.67. The van der Waals surface area contributed by atoms with Crippen molar-refractivity contribution in [2.45, 2.75) is 52.6 Å². The number of amides is 2. The van der Waals surface area contributed by atoms with E-state index in [-0.39, 0.29) is 17.7 Å². The van der Waals surface area contributed by atoms with Gasteiger partial charge in [-0.3, -0.25) is 14.5 Å². The van der Waals surface area contributed by atoms with Crippen LogP contribution in [0.5, 0.6) is 0 Å². The van der Waals surface area contributed by atoms with Crippen LogP contribution in [0.25, 0.3) is 0 Å². The molecule has 2 amide bonds. The monoisotopic (exact) mass is 288 g/mol. The van der Waals surface area contributed by atoms with E-state index in [9.17, 15) is 9.59 Å². The molecule has 0 aromatic heterocycles. The maximum absolute atomic E-state index is 13.0. The second-order valence-corrected chi connectivity index (χ2v) is 6.38. The highest BCUT2D eigenvalue weighted by Crippen LogP contribution is 2.30. The van der Waals surface area contributed by atoms with E-state index < -0.39 is 11.6 Å². The molecule has 114 valence electrons. The van der Waals surface area contributed by atoms with Gasteiger partial charge in [0, 0.05) is 5.69 Å². The molecule has 2 atom stereocenters. The van der Waals surface area contributed by atoms with E-state index >= 15 is 0 Å². The van der Waals surface area contributed by atoms with Crippen molar-refractivity contribution in [3.63, 3.8) is 0 Å². The number of carbonyl (C=O) groups excluding carboxylic acids is 2. The zero-order valence-corrected chi connectivity index (χ0v) is 13.4. The molecular weight excluding hydrogens is 264 g/mol. The quantitative estimate of drug-likeness (QED) is 0.929. The van der Waals surface area contributed by atoms with Crippen LogP contribution in [0.4, 0.5) is 5.69 Å². The number of anilines is 1. The minimum atomic E-state index is -0.827. The van der Waals surface area contributed by atoms with Gasteiger partial charge in [0.25, 0.3) is 5.91 Å². The fraction of sp³-hybridized carbons (Fsp3) is 0.529. The summed E-state index contributed by atoms with van der Waals surface area (Å²) in [5.41, 5.74) is 1.05. The largest absolute Gasteiger partial charge is 0.340 e. The van der Waals surface area contributed by atoms with Crippen LogP contribution in [0.1, 0.15) is 39.7 Å². The minimum absolute atomic E-state index is 0.0334. The van der Waals surface area contributed by atoms with E-state index in [1.807, 2.05) is 52.0 Å². The molecule has 1 fully saturated rings. The van der Waals surface area contributed by atoms with Gasteiger partial charge in [-0.05, 0) is 43.9 Å². The number of aryl methyl sites for hydroxylation is 1. The summed E-state index contributed by atoms with van der Waals surface area (Å²) in [4.78, 5) is 27.2. The first-order chi connectivity index (χ1) is 9.80. The normalized spacial score (nSPS) is 26.2. The van der Waals surface area contributed by atoms with Gasteiger partial charge in [0.15, 0.2) is 0 Å². The van der Waals surface area contributed by atoms with Gasteiger partial charge in [-0.15, -0.1) is 0 Å². The van der Waals surface area contributed by atoms with Crippen molar-refractivity contribution in [1.82, 2.24) is 5.32 Å². The van der Waals surface area contributed by atoms with Crippen molar-refractivity contribution >= 4 is 17.5 Å². The first kappa shape index (κ1) is 15.5. The lowest BCUT2D eigenvalue weighted by molar-refractivity contribution is -0.138. The molecular formula is C17H24N2O2. The van der Waals surface area contributed by atoms with Gasteiger partial charge in [0.2, 0.25) is 5.91 Å². The van der Waals surface area contributed by atoms with Crippen LogP contribution < -0.4 is 10.2 Å². The average Bonchev–Trinajstić information content (AvgIpc) is 2.42. The molecule has 0 radical (unpaired) electrons. The van der Waals surface area contributed by atoms with E-state index in [4.69, 9.17) is 0 Å². The first-order valence-electron chi connectivity index (χ1n) is 7.52. The van der Waals surface area contributed by atoms with Gasteiger partial charge in [0.05, 0.1) is 0 Å². The minimum Gasteiger partial charge on any atom is -0.340 e. The van der Waals surface area contributed by atoms with Gasteiger partial charge in [0.1, 0.15) is 11.6 Å². The van der Waals surface area contributed by atoms with Gasteiger partial charge >= 0.3 is 0 Å². The molecule has 1 heterocycles. The number of rotatable bonds is 3. The highest BCUT2D eigenvalue weighted by molar-refractivity contribution is 6.10. The molecule has 1 N–H and O–H groups in total. The average molecular weight is 288 g/mol. The molecule has 2 unspecified atom stereocenters. The summed E-state index contributed by atoms with van der Waals surface area (Å²) in [6, 6.07) is 7.31. The van der Waals surface area contributed by atoms with E-state index in [0.717, 1.165) is 11.3 Å². The van der Waals surface area contributed by atoms with Crippen LogP contribution in [0, 0.1) is 12.8 Å². The molecule has 1 aliphatic rings. The Morgan fingerprint density at radius 2 is 2.00 bits per heavy atom. The predicted molar refractivity (Wildman–Crippen MR) is 84.1 cm³/mol. The van der Waals surface area contributed by atoms with E-state index in [1.54, 1.807) is 11.8 Å². The summed E-state index contributed by atoms with van der Waals surface area (Å²) < 4.78 is 0. The number of benzene rings is 1. The Hall–Kier alpha value is -1.84. The van der Waals surface area contributed by atoms with Gasteiger partial charge in [-0.2, -0.15) is 0 Å². The lowest BCUT2D eigenvalue weighted by Gasteiger charge is -2.45. The predicted octanol–water partition coefficient (Wildman–Crippen LogP) is 2.65. The molecule has 0 aliphatic carbocycles. The zero-order chi connectivity index (χ0) is 15.8. The van der Waals surface area contributed by atoms with Crippen LogP contribution >= 0.6 is 0 Å². The second-order valence-electron chi connectivity index (χ2n) is 6.38. The Bertz CT molecular complexity index is 568.